The van der Waals surface area contributed by atoms with Crippen molar-refractivity contribution in [2.75, 3.05) is 7.11 Å². The first-order valence-corrected chi connectivity index (χ1v) is 7.10. The number of rotatable bonds is 4. The van der Waals surface area contributed by atoms with Crippen LogP contribution in [0.25, 0.3) is 22.4 Å². The van der Waals surface area contributed by atoms with Crippen molar-refractivity contribution in [3.8, 4) is 28.1 Å². The molecule has 1 heterocycles. The summed E-state index contributed by atoms with van der Waals surface area (Å²) in [6, 6.07) is 18.4. The van der Waals surface area contributed by atoms with E-state index >= 15 is 0 Å². The van der Waals surface area contributed by atoms with Gasteiger partial charge in [-0.25, -0.2) is 0 Å². The van der Waals surface area contributed by atoms with Gasteiger partial charge < -0.3 is 4.74 Å². The second-order valence-electron chi connectivity index (χ2n) is 4.88. The van der Waals surface area contributed by atoms with Crippen molar-refractivity contribution in [1.82, 2.24) is 10.2 Å². The summed E-state index contributed by atoms with van der Waals surface area (Å²) in [6.45, 7) is 2.13. The van der Waals surface area contributed by atoms with E-state index in [0.29, 0.717) is 0 Å². The maximum absolute atomic E-state index is 5.34. The first-order valence-electron chi connectivity index (χ1n) is 7.10. The van der Waals surface area contributed by atoms with Gasteiger partial charge in [-0.15, -0.1) is 0 Å². The highest BCUT2D eigenvalue weighted by atomic mass is 16.5. The normalized spacial score (nSPS) is 10.6. The highest BCUT2D eigenvalue weighted by Gasteiger charge is 2.15. The van der Waals surface area contributed by atoms with Crippen LogP contribution >= 0.6 is 0 Å². The number of aromatic nitrogens is 2. The molecular formula is C18H18N2O. The average molecular weight is 278 g/mol. The van der Waals surface area contributed by atoms with Gasteiger partial charge in [0.1, 0.15) is 11.4 Å². The van der Waals surface area contributed by atoms with Crippen molar-refractivity contribution in [2.24, 2.45) is 0 Å². The van der Waals surface area contributed by atoms with E-state index in [9.17, 15) is 0 Å². The van der Waals surface area contributed by atoms with E-state index in [2.05, 4.69) is 41.4 Å². The van der Waals surface area contributed by atoms with Gasteiger partial charge in [0.05, 0.1) is 7.11 Å². The maximum Gasteiger partial charge on any atom is 0.119 e. The monoisotopic (exact) mass is 278 g/mol. The zero-order valence-corrected chi connectivity index (χ0v) is 12.3. The summed E-state index contributed by atoms with van der Waals surface area (Å²) in [6.07, 6.45) is 0.909. The van der Waals surface area contributed by atoms with E-state index in [-0.39, 0.29) is 0 Å². The summed E-state index contributed by atoms with van der Waals surface area (Å²) >= 11 is 0. The molecule has 0 atom stereocenters. The van der Waals surface area contributed by atoms with E-state index in [4.69, 9.17) is 4.74 Å². The van der Waals surface area contributed by atoms with Crippen LogP contribution < -0.4 is 4.74 Å². The highest BCUT2D eigenvalue weighted by molar-refractivity contribution is 5.83. The third-order valence-electron chi connectivity index (χ3n) is 3.60. The van der Waals surface area contributed by atoms with Gasteiger partial charge in [0, 0.05) is 16.8 Å². The fraction of sp³-hybridized carbons (Fsp3) is 0.167. The molecule has 0 spiro atoms. The first-order chi connectivity index (χ1) is 10.3. The van der Waals surface area contributed by atoms with Crippen molar-refractivity contribution in [3.63, 3.8) is 0 Å². The van der Waals surface area contributed by atoms with E-state index in [1.165, 1.54) is 0 Å². The number of ether oxygens (including phenoxy) is 1. The molecule has 0 saturated heterocycles. The molecule has 0 fully saturated rings. The first kappa shape index (κ1) is 13.4. The second kappa shape index (κ2) is 5.83. The number of benzene rings is 2. The molecule has 0 amide bonds. The van der Waals surface area contributed by atoms with Gasteiger partial charge in [-0.2, -0.15) is 5.10 Å². The number of nitrogens with zero attached hydrogens (tertiary/aromatic N) is 1. The molecule has 1 aromatic heterocycles. The summed E-state index contributed by atoms with van der Waals surface area (Å²) in [4.78, 5) is 0. The number of methoxy groups -OCH3 is 1. The fourth-order valence-corrected chi connectivity index (χ4v) is 2.53. The Bertz CT molecular complexity index is 732. The third kappa shape index (κ3) is 2.55. The average Bonchev–Trinajstić information content (AvgIpc) is 2.99. The minimum Gasteiger partial charge on any atom is -0.497 e. The number of nitrogens with one attached hydrogen (secondary N) is 1. The van der Waals surface area contributed by atoms with E-state index in [0.717, 1.165) is 40.2 Å². The molecule has 3 heteroatoms. The molecule has 0 aliphatic rings. The van der Waals surface area contributed by atoms with E-state index in [1.54, 1.807) is 7.11 Å². The predicted octanol–water partition coefficient (Wildman–Crippen LogP) is 4.31. The van der Waals surface area contributed by atoms with Crippen LogP contribution in [0, 0.1) is 0 Å². The van der Waals surface area contributed by atoms with Crippen LogP contribution in [0.1, 0.15) is 12.6 Å². The Hall–Kier alpha value is -2.55. The van der Waals surface area contributed by atoms with Crippen LogP contribution in [-0.4, -0.2) is 17.3 Å². The van der Waals surface area contributed by atoms with Gasteiger partial charge in [-0.1, -0.05) is 49.4 Å². The quantitative estimate of drug-likeness (QED) is 0.772. The molecule has 2 aromatic carbocycles. The standard InChI is InChI=1S/C18H18N2O/c1-3-16-17(14-10-7-11-15(12-14)21-2)18(20-19-16)13-8-5-4-6-9-13/h4-12H,3H2,1-2H3,(H,19,20). The number of H-pyrrole nitrogens is 1. The molecule has 0 aliphatic heterocycles. The summed E-state index contributed by atoms with van der Waals surface area (Å²) in [7, 11) is 1.69. The lowest BCUT2D eigenvalue weighted by Gasteiger charge is -2.07. The lowest BCUT2D eigenvalue weighted by atomic mass is 9.98. The van der Waals surface area contributed by atoms with E-state index < -0.39 is 0 Å². The van der Waals surface area contributed by atoms with Crippen LogP contribution in [0.3, 0.4) is 0 Å². The minimum atomic E-state index is 0.856. The number of aryl methyl sites for hydroxylation is 1. The van der Waals surface area contributed by atoms with Gasteiger partial charge in [0.2, 0.25) is 0 Å². The highest BCUT2D eigenvalue weighted by Crippen LogP contribution is 2.34. The van der Waals surface area contributed by atoms with Crippen LogP contribution in [0.2, 0.25) is 0 Å². The van der Waals surface area contributed by atoms with Crippen LogP contribution in [0.5, 0.6) is 5.75 Å². The van der Waals surface area contributed by atoms with E-state index in [1.807, 2.05) is 30.3 Å². The zero-order valence-electron chi connectivity index (χ0n) is 12.3. The Morgan fingerprint density at radius 2 is 1.76 bits per heavy atom. The number of hydrogen-bond acceptors (Lipinski definition) is 2. The molecule has 0 radical (unpaired) electrons. The van der Waals surface area contributed by atoms with Crippen molar-refractivity contribution in [1.29, 1.82) is 0 Å². The molecule has 21 heavy (non-hydrogen) atoms. The Labute approximate surface area is 124 Å². The van der Waals surface area contributed by atoms with Crippen molar-refractivity contribution in [2.45, 2.75) is 13.3 Å². The summed E-state index contributed by atoms with van der Waals surface area (Å²) < 4.78 is 5.34. The molecular weight excluding hydrogens is 260 g/mol. The van der Waals surface area contributed by atoms with Gasteiger partial charge in [-0.05, 0) is 24.1 Å². The molecule has 0 aliphatic carbocycles. The molecule has 0 saturated carbocycles. The van der Waals surface area contributed by atoms with Crippen LogP contribution in [0.4, 0.5) is 0 Å². The lowest BCUT2D eigenvalue weighted by molar-refractivity contribution is 0.415. The smallest absolute Gasteiger partial charge is 0.119 e. The predicted molar refractivity (Wildman–Crippen MR) is 85.4 cm³/mol. The summed E-state index contributed by atoms with van der Waals surface area (Å²) in [5.74, 6) is 0.856. The Morgan fingerprint density at radius 1 is 1.00 bits per heavy atom. The second-order valence-corrected chi connectivity index (χ2v) is 4.88. The molecule has 3 aromatic rings. The Kier molecular flexibility index (Phi) is 3.73. The summed E-state index contributed by atoms with van der Waals surface area (Å²) in [5, 5.41) is 7.69. The SMILES string of the molecule is CCc1[nH]nc(-c2ccccc2)c1-c1cccc(OC)c1. The Balaban J connectivity index is 2.18. The van der Waals surface area contributed by atoms with Crippen LogP contribution in [-0.2, 0) is 6.42 Å². The molecule has 3 nitrogen and oxygen atoms in total. The number of aromatic amines is 1. The molecule has 0 bridgehead atoms. The van der Waals surface area contributed by atoms with Crippen molar-refractivity contribution >= 4 is 0 Å². The van der Waals surface area contributed by atoms with Gasteiger partial charge in [0.15, 0.2) is 0 Å². The number of hydrogen-bond donors (Lipinski definition) is 1. The topological polar surface area (TPSA) is 37.9 Å². The van der Waals surface area contributed by atoms with Crippen molar-refractivity contribution < 1.29 is 4.74 Å². The Morgan fingerprint density at radius 3 is 2.48 bits per heavy atom. The third-order valence-corrected chi connectivity index (χ3v) is 3.60. The molecule has 1 N–H and O–H groups in total. The van der Waals surface area contributed by atoms with Crippen molar-refractivity contribution in [3.05, 3.63) is 60.3 Å². The largest absolute Gasteiger partial charge is 0.497 e. The zero-order chi connectivity index (χ0) is 14.7. The fourth-order valence-electron chi connectivity index (χ4n) is 2.53. The van der Waals surface area contributed by atoms with Gasteiger partial charge in [0.25, 0.3) is 0 Å². The molecule has 106 valence electrons. The minimum absolute atomic E-state index is 0.856. The maximum atomic E-state index is 5.34. The van der Waals surface area contributed by atoms with Crippen LogP contribution in [0.15, 0.2) is 54.6 Å². The lowest BCUT2D eigenvalue weighted by Crippen LogP contribution is -1.88. The molecule has 3 rings (SSSR count). The van der Waals surface area contributed by atoms with Gasteiger partial charge in [-0.3, -0.25) is 5.10 Å². The van der Waals surface area contributed by atoms with Gasteiger partial charge >= 0.3 is 0 Å². The summed E-state index contributed by atoms with van der Waals surface area (Å²) in [5.41, 5.74) is 5.52. The molecule has 0 unspecified atom stereocenters.